The molecule has 27 heavy (non-hydrogen) atoms. The maximum absolute atomic E-state index is 12.7. The number of piperazine rings is 1. The number of phenolic OH excluding ortho intramolecular Hbond substituents is 1. The minimum Gasteiger partial charge on any atom is -0.506 e. The predicted molar refractivity (Wildman–Crippen MR) is 104 cm³/mol. The van der Waals surface area contributed by atoms with Crippen molar-refractivity contribution in [1.82, 2.24) is 9.21 Å². The summed E-state index contributed by atoms with van der Waals surface area (Å²) < 4.78 is 25.4. The number of carbonyl (C=O) groups excluding carboxylic acids is 1. The van der Waals surface area contributed by atoms with Crippen molar-refractivity contribution in [2.24, 2.45) is 0 Å². The third kappa shape index (κ3) is 3.91. The Balaban J connectivity index is 1.67. The fourth-order valence-electron chi connectivity index (χ4n) is 3.04. The Hall–Kier alpha value is -2.58. The van der Waals surface area contributed by atoms with Crippen molar-refractivity contribution < 1.29 is 18.3 Å². The van der Waals surface area contributed by atoms with Crippen molar-refractivity contribution in [3.63, 3.8) is 0 Å². The highest BCUT2D eigenvalue weighted by atomic mass is 32.2. The lowest BCUT2D eigenvalue weighted by atomic mass is 10.1. The molecule has 0 saturated carbocycles. The van der Waals surface area contributed by atoms with Gasteiger partial charge in [0.25, 0.3) is 5.91 Å². The van der Waals surface area contributed by atoms with Gasteiger partial charge in [-0.3, -0.25) is 4.79 Å². The standard InChI is InChI=1S/C19H23N3O4S/c1-20(2)27(25,26)16-9-7-15(8-10-16)19(24)22-13-11-21(12-14-22)17-5-3-4-6-18(17)23/h3-10,23H,11-14H2,1-2H3. The second-order valence-corrected chi connectivity index (χ2v) is 8.73. The number of hydrogen-bond acceptors (Lipinski definition) is 5. The molecule has 1 N–H and O–H groups in total. The Morgan fingerprint density at radius 3 is 2.11 bits per heavy atom. The van der Waals surface area contributed by atoms with Crippen molar-refractivity contribution >= 4 is 21.6 Å². The second-order valence-electron chi connectivity index (χ2n) is 6.58. The lowest BCUT2D eigenvalue weighted by Crippen LogP contribution is -2.48. The van der Waals surface area contributed by atoms with E-state index in [2.05, 4.69) is 0 Å². The van der Waals surface area contributed by atoms with Crippen molar-refractivity contribution in [2.45, 2.75) is 4.90 Å². The lowest BCUT2D eigenvalue weighted by molar-refractivity contribution is 0.0746. The Kier molecular flexibility index (Phi) is 5.38. The molecule has 0 unspecified atom stereocenters. The molecule has 0 spiro atoms. The van der Waals surface area contributed by atoms with E-state index >= 15 is 0 Å². The number of para-hydroxylation sites is 2. The van der Waals surface area contributed by atoms with Gasteiger partial charge in [0.2, 0.25) is 10.0 Å². The van der Waals surface area contributed by atoms with Crippen LogP contribution in [-0.4, -0.2) is 68.9 Å². The fourth-order valence-corrected chi connectivity index (χ4v) is 3.95. The van der Waals surface area contributed by atoms with Gasteiger partial charge in [-0.1, -0.05) is 12.1 Å². The number of nitrogens with zero attached hydrogens (tertiary/aromatic N) is 3. The number of aromatic hydroxyl groups is 1. The third-order valence-electron chi connectivity index (χ3n) is 4.67. The molecule has 0 bridgehead atoms. The molecule has 2 aromatic carbocycles. The van der Waals surface area contributed by atoms with Crippen LogP contribution in [0.4, 0.5) is 5.69 Å². The van der Waals surface area contributed by atoms with Crippen LogP contribution in [-0.2, 0) is 10.0 Å². The zero-order chi connectivity index (χ0) is 19.6. The average Bonchev–Trinajstić information content (AvgIpc) is 2.68. The molecule has 2 aromatic rings. The van der Waals surface area contributed by atoms with Gasteiger partial charge in [0, 0.05) is 45.8 Å². The van der Waals surface area contributed by atoms with Gasteiger partial charge >= 0.3 is 0 Å². The first-order chi connectivity index (χ1) is 12.8. The summed E-state index contributed by atoms with van der Waals surface area (Å²) in [5.74, 6) is 0.107. The molecular weight excluding hydrogens is 366 g/mol. The highest BCUT2D eigenvalue weighted by Crippen LogP contribution is 2.27. The molecule has 0 aromatic heterocycles. The topological polar surface area (TPSA) is 81.2 Å². The highest BCUT2D eigenvalue weighted by Gasteiger charge is 2.24. The Morgan fingerprint density at radius 2 is 1.56 bits per heavy atom. The quantitative estimate of drug-likeness (QED) is 0.859. The van der Waals surface area contributed by atoms with Gasteiger partial charge in [0.1, 0.15) is 5.75 Å². The molecule has 3 rings (SSSR count). The summed E-state index contributed by atoms with van der Waals surface area (Å²) in [4.78, 5) is 16.7. The first kappa shape index (κ1) is 19.2. The molecule has 0 aliphatic carbocycles. The zero-order valence-corrected chi connectivity index (χ0v) is 16.2. The number of benzene rings is 2. The number of sulfonamides is 1. The summed E-state index contributed by atoms with van der Waals surface area (Å²) in [6.07, 6.45) is 0. The molecule has 8 heteroatoms. The van der Waals surface area contributed by atoms with Crippen LogP contribution in [0, 0.1) is 0 Å². The van der Waals surface area contributed by atoms with Crippen molar-refractivity contribution in [3.8, 4) is 5.75 Å². The largest absolute Gasteiger partial charge is 0.506 e. The summed E-state index contributed by atoms with van der Waals surface area (Å²) >= 11 is 0. The number of amides is 1. The minimum atomic E-state index is -3.51. The van der Waals surface area contributed by atoms with Gasteiger partial charge in [0.15, 0.2) is 0 Å². The van der Waals surface area contributed by atoms with E-state index in [1.165, 1.54) is 26.2 Å². The summed E-state index contributed by atoms with van der Waals surface area (Å²) in [6, 6.07) is 13.2. The highest BCUT2D eigenvalue weighted by molar-refractivity contribution is 7.89. The molecular formula is C19H23N3O4S. The van der Waals surface area contributed by atoms with E-state index in [-0.39, 0.29) is 16.6 Å². The Bertz CT molecular complexity index is 918. The smallest absolute Gasteiger partial charge is 0.253 e. The summed E-state index contributed by atoms with van der Waals surface area (Å²) in [5.41, 5.74) is 1.23. The maximum Gasteiger partial charge on any atom is 0.253 e. The SMILES string of the molecule is CN(C)S(=O)(=O)c1ccc(C(=O)N2CCN(c3ccccc3O)CC2)cc1. The summed E-state index contributed by atoms with van der Waals surface area (Å²) in [6.45, 7) is 2.31. The van der Waals surface area contributed by atoms with Crippen LogP contribution in [0.15, 0.2) is 53.4 Å². The lowest BCUT2D eigenvalue weighted by Gasteiger charge is -2.36. The van der Waals surface area contributed by atoms with Crippen LogP contribution in [0.25, 0.3) is 0 Å². The Morgan fingerprint density at radius 1 is 0.963 bits per heavy atom. The van der Waals surface area contributed by atoms with Crippen LogP contribution in [0.2, 0.25) is 0 Å². The summed E-state index contributed by atoms with van der Waals surface area (Å²) in [5, 5.41) is 9.97. The fraction of sp³-hybridized carbons (Fsp3) is 0.316. The molecule has 1 fully saturated rings. The average molecular weight is 389 g/mol. The van der Waals surface area contributed by atoms with Gasteiger partial charge in [-0.05, 0) is 36.4 Å². The molecule has 0 atom stereocenters. The van der Waals surface area contributed by atoms with Crippen LogP contribution >= 0.6 is 0 Å². The normalized spacial score (nSPS) is 15.2. The number of anilines is 1. The molecule has 1 aliphatic rings. The van der Waals surface area contributed by atoms with Crippen LogP contribution < -0.4 is 4.90 Å². The monoisotopic (exact) mass is 389 g/mol. The number of phenols is 1. The Labute approximate surface area is 159 Å². The first-order valence-corrected chi connectivity index (χ1v) is 10.1. The number of carbonyl (C=O) groups is 1. The van der Waals surface area contributed by atoms with E-state index in [9.17, 15) is 18.3 Å². The third-order valence-corrected chi connectivity index (χ3v) is 6.50. The van der Waals surface area contributed by atoms with E-state index in [4.69, 9.17) is 0 Å². The summed E-state index contributed by atoms with van der Waals surface area (Å²) in [7, 11) is -0.567. The number of rotatable bonds is 4. The molecule has 1 saturated heterocycles. The molecule has 144 valence electrons. The second kappa shape index (κ2) is 7.58. The molecule has 1 aliphatic heterocycles. The van der Waals surface area contributed by atoms with Crippen molar-refractivity contribution in [1.29, 1.82) is 0 Å². The van der Waals surface area contributed by atoms with Crippen LogP contribution in [0.3, 0.4) is 0 Å². The van der Waals surface area contributed by atoms with Crippen molar-refractivity contribution in [2.75, 3.05) is 45.2 Å². The van der Waals surface area contributed by atoms with E-state index in [1.807, 2.05) is 17.0 Å². The first-order valence-electron chi connectivity index (χ1n) is 8.65. The van der Waals surface area contributed by atoms with Gasteiger partial charge in [-0.15, -0.1) is 0 Å². The molecule has 1 amide bonds. The zero-order valence-electron chi connectivity index (χ0n) is 15.4. The van der Waals surface area contributed by atoms with Crippen LogP contribution in [0.1, 0.15) is 10.4 Å². The van der Waals surface area contributed by atoms with Gasteiger partial charge < -0.3 is 14.9 Å². The van der Waals surface area contributed by atoms with Crippen LogP contribution in [0.5, 0.6) is 5.75 Å². The molecule has 1 heterocycles. The van der Waals surface area contributed by atoms with Crippen molar-refractivity contribution in [3.05, 3.63) is 54.1 Å². The van der Waals surface area contributed by atoms with E-state index in [0.717, 1.165) is 9.99 Å². The van der Waals surface area contributed by atoms with Gasteiger partial charge in [-0.25, -0.2) is 12.7 Å². The van der Waals surface area contributed by atoms with E-state index in [0.29, 0.717) is 31.7 Å². The predicted octanol–water partition coefficient (Wildman–Crippen LogP) is 1.60. The van der Waals surface area contributed by atoms with Gasteiger partial charge in [0.05, 0.1) is 10.6 Å². The molecule has 0 radical (unpaired) electrons. The van der Waals surface area contributed by atoms with E-state index in [1.54, 1.807) is 29.2 Å². The minimum absolute atomic E-state index is 0.124. The van der Waals surface area contributed by atoms with E-state index < -0.39 is 10.0 Å². The van der Waals surface area contributed by atoms with Gasteiger partial charge in [-0.2, -0.15) is 0 Å². The maximum atomic E-state index is 12.7. The molecule has 7 nitrogen and oxygen atoms in total. The number of hydrogen-bond donors (Lipinski definition) is 1.